The summed E-state index contributed by atoms with van der Waals surface area (Å²) in [7, 11) is -3.74. The summed E-state index contributed by atoms with van der Waals surface area (Å²) >= 11 is 0. The van der Waals surface area contributed by atoms with Crippen LogP contribution in [-0.2, 0) is 15.4 Å². The Morgan fingerprint density at radius 1 is 0.677 bits per heavy atom. The molecule has 2 rings (SSSR count). The lowest BCUT2D eigenvalue weighted by Gasteiger charge is -2.32. The van der Waals surface area contributed by atoms with Crippen molar-refractivity contribution in [2.45, 2.75) is 104 Å². The second kappa shape index (κ2) is 11.0. The maximum Gasteiger partial charge on any atom is 0.259 e. The third-order valence-electron chi connectivity index (χ3n) is 6.73. The molecule has 172 valence electrons. The lowest BCUT2D eigenvalue weighted by molar-refractivity contribution is 0.447. The van der Waals surface area contributed by atoms with E-state index in [1.165, 1.54) is 25.7 Å². The second-order valence-corrected chi connectivity index (χ2v) is 12.4. The minimum Gasteiger partial charge on any atom is -0.338 e. The van der Waals surface area contributed by atoms with Crippen molar-refractivity contribution in [3.63, 3.8) is 0 Å². The van der Waals surface area contributed by atoms with E-state index >= 15 is 0 Å². The third-order valence-corrected chi connectivity index (χ3v) is 8.82. The normalized spacial score (nSPS) is 12.9. The van der Waals surface area contributed by atoms with Gasteiger partial charge in [0.1, 0.15) is 0 Å². The molecule has 1 N–H and O–H groups in total. The van der Waals surface area contributed by atoms with E-state index in [2.05, 4.69) is 53.7 Å². The molecule has 0 amide bonds. The Labute approximate surface area is 190 Å². The van der Waals surface area contributed by atoms with Crippen molar-refractivity contribution in [3.05, 3.63) is 59.7 Å². The summed E-state index contributed by atoms with van der Waals surface area (Å²) in [6.07, 6.45) is 9.04. The predicted octanol–water partition coefficient (Wildman–Crippen LogP) is 7.62. The Balaban J connectivity index is 2.52. The smallest absolute Gasteiger partial charge is 0.259 e. The van der Waals surface area contributed by atoms with Crippen molar-refractivity contribution in [3.8, 4) is 0 Å². The standard InChI is InChI=1S/C28H43O2P/c1-7-9-15-21-27(3,4)23-17-11-13-19-25(23)31(29,30)26-20-14-12-18-24(26)28(5,6)22-16-10-8-2/h11-14,17-20H,7-10,15-16,21-22H2,1-6H3,(H,29,30). The summed E-state index contributed by atoms with van der Waals surface area (Å²) in [4.78, 5) is 11.6. The molecule has 0 heterocycles. The molecule has 0 aliphatic heterocycles. The molecule has 0 radical (unpaired) electrons. The van der Waals surface area contributed by atoms with Gasteiger partial charge < -0.3 is 4.89 Å². The Bertz CT molecular complexity index is 813. The molecule has 0 aliphatic rings. The molecule has 2 aromatic rings. The fourth-order valence-electron chi connectivity index (χ4n) is 4.65. The average Bonchev–Trinajstić information content (AvgIpc) is 2.74. The van der Waals surface area contributed by atoms with Crippen LogP contribution in [0.5, 0.6) is 0 Å². The van der Waals surface area contributed by atoms with Crippen LogP contribution in [0.1, 0.15) is 104 Å². The van der Waals surface area contributed by atoms with E-state index in [1.807, 2.05) is 36.4 Å². The maximum absolute atomic E-state index is 14.2. The van der Waals surface area contributed by atoms with E-state index in [9.17, 15) is 9.46 Å². The molecule has 0 fully saturated rings. The van der Waals surface area contributed by atoms with Crippen LogP contribution in [0.25, 0.3) is 0 Å². The van der Waals surface area contributed by atoms with E-state index in [0.29, 0.717) is 10.6 Å². The van der Waals surface area contributed by atoms with Gasteiger partial charge in [-0.15, -0.1) is 0 Å². The van der Waals surface area contributed by atoms with Crippen molar-refractivity contribution in [1.29, 1.82) is 0 Å². The van der Waals surface area contributed by atoms with Gasteiger partial charge in [0.15, 0.2) is 0 Å². The first kappa shape index (κ1) is 25.9. The Kier molecular flexibility index (Phi) is 9.16. The van der Waals surface area contributed by atoms with Gasteiger partial charge in [0.2, 0.25) is 0 Å². The molecule has 0 saturated heterocycles. The van der Waals surface area contributed by atoms with Crippen LogP contribution in [-0.4, -0.2) is 4.89 Å². The highest BCUT2D eigenvalue weighted by Gasteiger charge is 2.36. The SMILES string of the molecule is CCCCCC(C)(C)c1ccccc1P(=O)(O)c1ccccc1C(C)(C)CCCCC. The molecule has 0 bridgehead atoms. The fraction of sp³-hybridized carbons (Fsp3) is 0.571. The van der Waals surface area contributed by atoms with Crippen LogP contribution < -0.4 is 10.6 Å². The molecule has 31 heavy (non-hydrogen) atoms. The minimum atomic E-state index is -3.74. The van der Waals surface area contributed by atoms with Crippen molar-refractivity contribution >= 4 is 18.0 Å². The molecular formula is C28H43O2P. The van der Waals surface area contributed by atoms with Gasteiger partial charge in [-0.25, -0.2) is 0 Å². The molecular weight excluding hydrogens is 399 g/mol. The van der Waals surface area contributed by atoms with Crippen molar-refractivity contribution < 1.29 is 9.46 Å². The van der Waals surface area contributed by atoms with Gasteiger partial charge in [0.05, 0.1) is 0 Å². The molecule has 3 heteroatoms. The topological polar surface area (TPSA) is 37.3 Å². The van der Waals surface area contributed by atoms with Crippen molar-refractivity contribution in [1.82, 2.24) is 0 Å². The zero-order valence-electron chi connectivity index (χ0n) is 20.6. The lowest BCUT2D eigenvalue weighted by atomic mass is 9.80. The molecule has 0 spiro atoms. The minimum absolute atomic E-state index is 0.143. The highest BCUT2D eigenvalue weighted by atomic mass is 31.2. The number of hydrogen-bond donors (Lipinski definition) is 1. The summed E-state index contributed by atoms with van der Waals surface area (Å²) in [5.41, 5.74) is 1.73. The number of unbranched alkanes of at least 4 members (excludes halogenated alkanes) is 4. The van der Waals surface area contributed by atoms with Gasteiger partial charge in [0, 0.05) is 10.6 Å². The number of rotatable bonds is 12. The molecule has 0 aromatic heterocycles. The summed E-state index contributed by atoms with van der Waals surface area (Å²) in [6.45, 7) is 13.3. The van der Waals surface area contributed by atoms with Gasteiger partial charge in [-0.2, -0.15) is 0 Å². The van der Waals surface area contributed by atoms with Crippen LogP contribution >= 0.6 is 7.37 Å². The van der Waals surface area contributed by atoms with E-state index in [-0.39, 0.29) is 10.8 Å². The zero-order valence-corrected chi connectivity index (χ0v) is 21.5. The van der Waals surface area contributed by atoms with Gasteiger partial charge >= 0.3 is 0 Å². The Morgan fingerprint density at radius 3 is 1.39 bits per heavy atom. The first-order valence-corrected chi connectivity index (χ1v) is 13.8. The summed E-state index contributed by atoms with van der Waals surface area (Å²) in [6, 6.07) is 15.7. The molecule has 2 aromatic carbocycles. The van der Waals surface area contributed by atoms with Crippen LogP contribution in [0.2, 0.25) is 0 Å². The molecule has 0 aliphatic carbocycles. The molecule has 0 atom stereocenters. The number of benzene rings is 2. The Morgan fingerprint density at radius 2 is 1.03 bits per heavy atom. The highest BCUT2D eigenvalue weighted by Crippen LogP contribution is 2.46. The summed E-state index contributed by atoms with van der Waals surface area (Å²) < 4.78 is 14.2. The maximum atomic E-state index is 14.2. The predicted molar refractivity (Wildman–Crippen MR) is 136 cm³/mol. The quantitative estimate of drug-likeness (QED) is 0.271. The lowest BCUT2D eigenvalue weighted by Crippen LogP contribution is -2.32. The third kappa shape index (κ3) is 6.33. The first-order valence-electron chi connectivity index (χ1n) is 12.1. The van der Waals surface area contributed by atoms with Crippen LogP contribution in [0, 0.1) is 0 Å². The van der Waals surface area contributed by atoms with Gasteiger partial charge in [-0.05, 0) is 46.9 Å². The monoisotopic (exact) mass is 442 g/mol. The van der Waals surface area contributed by atoms with Gasteiger partial charge in [0.25, 0.3) is 7.37 Å². The zero-order chi connectivity index (χ0) is 23.1. The van der Waals surface area contributed by atoms with E-state index in [0.717, 1.165) is 36.8 Å². The van der Waals surface area contributed by atoms with Crippen LogP contribution in [0.15, 0.2) is 48.5 Å². The van der Waals surface area contributed by atoms with Gasteiger partial charge in [-0.1, -0.05) is 116 Å². The average molecular weight is 443 g/mol. The second-order valence-electron chi connectivity index (χ2n) is 10.3. The van der Waals surface area contributed by atoms with E-state index in [4.69, 9.17) is 0 Å². The molecule has 0 saturated carbocycles. The number of hydrogen-bond acceptors (Lipinski definition) is 1. The summed E-state index contributed by atoms with van der Waals surface area (Å²) in [5.74, 6) is 0. The summed E-state index contributed by atoms with van der Waals surface area (Å²) in [5, 5.41) is 1.21. The molecule has 2 nitrogen and oxygen atoms in total. The van der Waals surface area contributed by atoms with Crippen LogP contribution in [0.4, 0.5) is 0 Å². The van der Waals surface area contributed by atoms with E-state index < -0.39 is 7.37 Å². The largest absolute Gasteiger partial charge is 0.338 e. The highest BCUT2D eigenvalue weighted by molar-refractivity contribution is 7.73. The van der Waals surface area contributed by atoms with Crippen molar-refractivity contribution in [2.24, 2.45) is 0 Å². The molecule has 0 unspecified atom stereocenters. The fourth-order valence-corrected chi connectivity index (χ4v) is 6.90. The first-order chi connectivity index (χ1) is 14.6. The van der Waals surface area contributed by atoms with Gasteiger partial charge in [-0.3, -0.25) is 4.57 Å². The Hall–Kier alpha value is -1.37. The van der Waals surface area contributed by atoms with E-state index in [1.54, 1.807) is 0 Å². The van der Waals surface area contributed by atoms with Crippen molar-refractivity contribution in [2.75, 3.05) is 0 Å². The van der Waals surface area contributed by atoms with Crippen LogP contribution in [0.3, 0.4) is 0 Å².